The number of rotatable bonds is 1. The van der Waals surface area contributed by atoms with E-state index in [9.17, 15) is 8.78 Å². The molecule has 0 saturated carbocycles. The van der Waals surface area contributed by atoms with Gasteiger partial charge < -0.3 is 4.42 Å². The van der Waals surface area contributed by atoms with Crippen LogP contribution in [0, 0.1) is 11.6 Å². The minimum Gasteiger partial charge on any atom is -0.464 e. The zero-order valence-corrected chi connectivity index (χ0v) is 9.71. The molecule has 0 N–H and O–H groups in total. The third-order valence-corrected chi connectivity index (χ3v) is 2.88. The van der Waals surface area contributed by atoms with Crippen LogP contribution in [0.2, 0.25) is 5.15 Å². The van der Waals surface area contributed by atoms with Crippen LogP contribution in [0.1, 0.15) is 0 Å². The molecule has 0 amide bonds. The van der Waals surface area contributed by atoms with Gasteiger partial charge in [0, 0.05) is 11.1 Å². The van der Waals surface area contributed by atoms with Crippen LogP contribution in [0.3, 0.4) is 0 Å². The number of furan rings is 1. The molecule has 2 nitrogen and oxygen atoms in total. The van der Waals surface area contributed by atoms with Crippen molar-refractivity contribution < 1.29 is 13.2 Å². The Kier molecular flexibility index (Phi) is 2.52. The Morgan fingerprint density at radius 2 is 1.89 bits per heavy atom. The fraction of sp³-hybridized carbons (Fsp3) is 0. The highest BCUT2D eigenvalue weighted by Crippen LogP contribution is 2.33. The molecule has 0 aliphatic heterocycles. The first kappa shape index (κ1) is 11.2. The third kappa shape index (κ3) is 1.66. The molecule has 0 spiro atoms. The molecule has 0 bridgehead atoms. The average Bonchev–Trinajstić information content (AvgIpc) is 2.83. The number of pyridine rings is 1. The maximum absolute atomic E-state index is 13.7. The van der Waals surface area contributed by atoms with E-state index in [0.29, 0.717) is 10.9 Å². The Balaban J connectivity index is 2.35. The quantitative estimate of drug-likeness (QED) is 0.609. The van der Waals surface area contributed by atoms with Crippen LogP contribution in [0.15, 0.2) is 41.1 Å². The molecule has 2 aromatic heterocycles. The second-order valence-electron chi connectivity index (χ2n) is 3.75. The molecule has 0 aliphatic rings. The molecular weight excluding hydrogens is 260 g/mol. The van der Waals surface area contributed by atoms with E-state index in [0.717, 1.165) is 6.20 Å². The summed E-state index contributed by atoms with van der Waals surface area (Å²) in [4.78, 5) is 3.64. The van der Waals surface area contributed by atoms with Crippen LogP contribution in [0.25, 0.3) is 22.1 Å². The van der Waals surface area contributed by atoms with Crippen LogP contribution in [0.4, 0.5) is 8.78 Å². The molecule has 3 rings (SSSR count). The summed E-state index contributed by atoms with van der Waals surface area (Å²) in [5, 5.41) is 0.468. The second kappa shape index (κ2) is 4.07. The summed E-state index contributed by atoms with van der Waals surface area (Å²) in [6.07, 6.45) is 2.38. The van der Waals surface area contributed by atoms with E-state index in [2.05, 4.69) is 4.98 Å². The summed E-state index contributed by atoms with van der Waals surface area (Å²) < 4.78 is 32.4. The van der Waals surface area contributed by atoms with Crippen molar-refractivity contribution in [1.82, 2.24) is 4.98 Å². The smallest absolute Gasteiger partial charge is 0.149 e. The first-order chi connectivity index (χ1) is 8.66. The van der Waals surface area contributed by atoms with Gasteiger partial charge in [-0.2, -0.15) is 0 Å². The Morgan fingerprint density at radius 3 is 2.72 bits per heavy atom. The van der Waals surface area contributed by atoms with Crippen molar-refractivity contribution in [1.29, 1.82) is 0 Å². The van der Waals surface area contributed by atoms with Gasteiger partial charge in [0.15, 0.2) is 0 Å². The Hall–Kier alpha value is -1.94. The Morgan fingerprint density at radius 1 is 1.06 bits per heavy atom. The van der Waals surface area contributed by atoms with Crippen molar-refractivity contribution >= 4 is 22.6 Å². The first-order valence-corrected chi connectivity index (χ1v) is 5.52. The van der Waals surface area contributed by atoms with Gasteiger partial charge in [0.2, 0.25) is 0 Å². The van der Waals surface area contributed by atoms with Crippen molar-refractivity contribution in [3.05, 3.63) is 53.5 Å². The van der Waals surface area contributed by atoms with Crippen molar-refractivity contribution in [3.8, 4) is 11.1 Å². The van der Waals surface area contributed by atoms with E-state index in [1.54, 1.807) is 0 Å². The lowest BCUT2D eigenvalue weighted by Crippen LogP contribution is -1.88. The average molecular weight is 266 g/mol. The number of benzene rings is 1. The van der Waals surface area contributed by atoms with E-state index >= 15 is 0 Å². The zero-order chi connectivity index (χ0) is 12.7. The second-order valence-corrected chi connectivity index (χ2v) is 4.13. The molecule has 0 radical (unpaired) electrons. The van der Waals surface area contributed by atoms with E-state index in [1.807, 2.05) is 0 Å². The molecule has 18 heavy (non-hydrogen) atoms. The van der Waals surface area contributed by atoms with Gasteiger partial charge in [-0.25, -0.2) is 13.8 Å². The van der Waals surface area contributed by atoms with E-state index in [-0.39, 0.29) is 16.3 Å². The number of hydrogen-bond donors (Lipinski definition) is 0. The SMILES string of the molecule is Fc1cnc(Cl)cc1-c1ccc(F)c2ccoc12. The molecule has 0 aliphatic carbocycles. The van der Waals surface area contributed by atoms with Crippen LogP contribution in [0.5, 0.6) is 0 Å². The summed E-state index contributed by atoms with van der Waals surface area (Å²) in [5.74, 6) is -0.952. The topological polar surface area (TPSA) is 26.0 Å². The molecule has 0 saturated heterocycles. The highest BCUT2D eigenvalue weighted by Gasteiger charge is 2.14. The van der Waals surface area contributed by atoms with Gasteiger partial charge in [0.05, 0.1) is 17.8 Å². The van der Waals surface area contributed by atoms with E-state index in [4.69, 9.17) is 16.0 Å². The largest absolute Gasteiger partial charge is 0.464 e. The number of nitrogens with zero attached hydrogens (tertiary/aromatic N) is 1. The van der Waals surface area contributed by atoms with Crippen LogP contribution < -0.4 is 0 Å². The van der Waals surface area contributed by atoms with Crippen molar-refractivity contribution in [3.63, 3.8) is 0 Å². The summed E-state index contributed by atoms with van der Waals surface area (Å²) in [7, 11) is 0. The molecule has 3 aromatic rings. The predicted octanol–water partition coefficient (Wildman–Crippen LogP) is 4.43. The molecule has 0 atom stereocenters. The molecule has 1 aromatic carbocycles. The zero-order valence-electron chi connectivity index (χ0n) is 8.95. The molecule has 90 valence electrons. The maximum Gasteiger partial charge on any atom is 0.149 e. The lowest BCUT2D eigenvalue weighted by molar-refractivity contribution is 0.607. The van der Waals surface area contributed by atoms with Gasteiger partial charge >= 0.3 is 0 Å². The predicted molar refractivity (Wildman–Crippen MR) is 64.4 cm³/mol. The maximum atomic E-state index is 13.7. The molecule has 2 heterocycles. The third-order valence-electron chi connectivity index (χ3n) is 2.68. The van der Waals surface area contributed by atoms with Gasteiger partial charge in [0.1, 0.15) is 22.4 Å². The fourth-order valence-electron chi connectivity index (χ4n) is 1.86. The summed E-state index contributed by atoms with van der Waals surface area (Å²) in [6, 6.07) is 5.60. The highest BCUT2D eigenvalue weighted by molar-refractivity contribution is 6.29. The van der Waals surface area contributed by atoms with Crippen LogP contribution >= 0.6 is 11.6 Å². The van der Waals surface area contributed by atoms with Gasteiger partial charge in [-0.3, -0.25) is 0 Å². The minimum absolute atomic E-state index is 0.162. The molecular formula is C13H6ClF2NO. The number of hydrogen-bond acceptors (Lipinski definition) is 2. The van der Waals surface area contributed by atoms with Crippen LogP contribution in [-0.4, -0.2) is 4.98 Å². The van der Waals surface area contributed by atoms with Gasteiger partial charge in [-0.05, 0) is 24.3 Å². The van der Waals surface area contributed by atoms with Gasteiger partial charge in [0.25, 0.3) is 0 Å². The number of halogens is 3. The molecule has 0 unspecified atom stereocenters. The fourth-order valence-corrected chi connectivity index (χ4v) is 2.02. The van der Waals surface area contributed by atoms with E-state index in [1.165, 1.54) is 30.5 Å². The Labute approximate surface area is 106 Å². The number of aromatic nitrogens is 1. The molecule has 5 heteroatoms. The lowest BCUT2D eigenvalue weighted by atomic mass is 10.0. The monoisotopic (exact) mass is 265 g/mol. The highest BCUT2D eigenvalue weighted by atomic mass is 35.5. The lowest BCUT2D eigenvalue weighted by Gasteiger charge is -2.05. The van der Waals surface area contributed by atoms with Crippen molar-refractivity contribution in [2.75, 3.05) is 0 Å². The van der Waals surface area contributed by atoms with E-state index < -0.39 is 11.6 Å². The number of fused-ring (bicyclic) bond motifs is 1. The molecule has 0 fully saturated rings. The summed E-state index contributed by atoms with van der Waals surface area (Å²) in [6.45, 7) is 0. The van der Waals surface area contributed by atoms with Crippen molar-refractivity contribution in [2.24, 2.45) is 0 Å². The summed E-state index contributed by atoms with van der Waals surface area (Å²) >= 11 is 5.74. The van der Waals surface area contributed by atoms with Gasteiger partial charge in [-0.1, -0.05) is 11.6 Å². The standard InChI is InChI=1S/C13H6ClF2NO/c14-12-5-9(11(16)6-17-12)7-1-2-10(15)8-3-4-18-13(7)8/h1-6H. The minimum atomic E-state index is -0.538. The first-order valence-electron chi connectivity index (χ1n) is 5.14. The Bertz CT molecular complexity index is 739. The van der Waals surface area contributed by atoms with Gasteiger partial charge in [-0.15, -0.1) is 0 Å². The summed E-state index contributed by atoms with van der Waals surface area (Å²) in [5.41, 5.74) is 0.962. The van der Waals surface area contributed by atoms with Crippen molar-refractivity contribution in [2.45, 2.75) is 0 Å². The normalized spacial score (nSPS) is 11.1. The van der Waals surface area contributed by atoms with Crippen LogP contribution in [-0.2, 0) is 0 Å².